The molecule has 0 saturated carbocycles. The smallest absolute Gasteiger partial charge is 0.375 e. The van der Waals surface area contributed by atoms with Crippen LogP contribution in [0.2, 0.25) is 0 Å². The first kappa shape index (κ1) is 51.1. The average Bonchev–Trinajstić information content (AvgIpc) is 3.50. The number of piperazine rings is 1. The van der Waals surface area contributed by atoms with Gasteiger partial charge in [0.25, 0.3) is 0 Å². The van der Waals surface area contributed by atoms with E-state index in [4.69, 9.17) is 4.74 Å². The number of rotatable bonds is 17. The molecule has 1 aliphatic heterocycles. The first-order valence-electron chi connectivity index (χ1n) is 16.1. The van der Waals surface area contributed by atoms with Crippen LogP contribution in [0.25, 0.3) is 0 Å². The summed E-state index contributed by atoms with van der Waals surface area (Å²) in [6, 6.07) is -1.22. The quantitative estimate of drug-likeness (QED) is 0.182. The minimum absolute atomic E-state index is 0. The number of Topliss-reactive ketones (excluding diaryl/α,β-unsaturated/α-hetero) is 1. The second kappa shape index (κ2) is 24.0. The third-order valence-electron chi connectivity index (χ3n) is 7.28. The van der Waals surface area contributed by atoms with Crippen LogP contribution in [-0.4, -0.2) is 102 Å². The molecule has 1 amide bonds. The molecule has 272 valence electrons. The largest absolute Gasteiger partial charge is 1.00 e. The van der Waals surface area contributed by atoms with E-state index < -0.39 is 48.9 Å². The molecular formula is C31H62KN6O7S2-. The molecule has 13 nitrogen and oxygen atoms in total. The summed E-state index contributed by atoms with van der Waals surface area (Å²) in [6.45, 7) is 23.0. The van der Waals surface area contributed by atoms with E-state index in [0.717, 1.165) is 4.31 Å². The zero-order valence-electron chi connectivity index (χ0n) is 31.3. The summed E-state index contributed by atoms with van der Waals surface area (Å²) < 4.78 is 60.5. The van der Waals surface area contributed by atoms with Crippen LogP contribution in [0.15, 0.2) is 6.20 Å². The van der Waals surface area contributed by atoms with Gasteiger partial charge < -0.3 is 24.4 Å². The Balaban J connectivity index is -0.00000310. The summed E-state index contributed by atoms with van der Waals surface area (Å²) in [5, 5.41) is 11.1. The van der Waals surface area contributed by atoms with E-state index in [0.29, 0.717) is 44.4 Å². The Bertz CT molecular complexity index is 1250. The summed E-state index contributed by atoms with van der Waals surface area (Å²) in [5.74, 6) is -0.934. The SMILES string of the molecule is CC.CC.[CH2-]CS(=O)(=O)N1CCN(S(=O)(=O)CCC)CC1C(=O)NCc1cn(C(C)(C)CCOC(C)(C)CCC(=O)CC)nn1.[CH3-].[K+]. The fourth-order valence-corrected chi connectivity index (χ4v) is 7.04. The molecule has 1 aromatic heterocycles. The number of aromatic nitrogens is 3. The van der Waals surface area contributed by atoms with Gasteiger partial charge >= 0.3 is 51.4 Å². The van der Waals surface area contributed by atoms with Crippen molar-refractivity contribution in [2.75, 3.05) is 37.7 Å². The van der Waals surface area contributed by atoms with Crippen LogP contribution in [0.3, 0.4) is 0 Å². The van der Waals surface area contributed by atoms with Crippen molar-refractivity contribution < 1.29 is 82.5 Å². The van der Waals surface area contributed by atoms with E-state index in [9.17, 15) is 26.4 Å². The molecule has 1 fully saturated rings. The third kappa shape index (κ3) is 17.0. The summed E-state index contributed by atoms with van der Waals surface area (Å²) in [4.78, 5) is 24.8. The Morgan fingerprint density at radius 1 is 1.02 bits per heavy atom. The molecule has 2 rings (SSSR count). The molecule has 1 aliphatic rings. The normalized spacial score (nSPS) is 15.9. The van der Waals surface area contributed by atoms with E-state index >= 15 is 0 Å². The maximum absolute atomic E-state index is 13.2. The molecule has 0 spiro atoms. The molecule has 1 aromatic rings. The predicted octanol–water partition coefficient (Wildman–Crippen LogP) is 0.971. The van der Waals surface area contributed by atoms with E-state index in [2.05, 4.69) is 22.6 Å². The Morgan fingerprint density at radius 3 is 2.15 bits per heavy atom. The maximum atomic E-state index is 13.2. The van der Waals surface area contributed by atoms with E-state index in [-0.39, 0.29) is 96.5 Å². The number of nitrogens with zero attached hydrogens (tertiary/aromatic N) is 5. The molecule has 16 heteroatoms. The van der Waals surface area contributed by atoms with Crippen molar-refractivity contribution in [3.8, 4) is 0 Å². The van der Waals surface area contributed by atoms with Crippen molar-refractivity contribution >= 4 is 31.7 Å². The minimum Gasteiger partial charge on any atom is -0.375 e. The Labute approximate surface area is 329 Å². The number of sulfonamides is 2. The molecule has 0 aliphatic carbocycles. The van der Waals surface area contributed by atoms with Gasteiger partial charge in [-0.2, -0.15) is 8.61 Å². The average molecular weight is 734 g/mol. The van der Waals surface area contributed by atoms with Gasteiger partial charge in [-0.3, -0.25) is 9.59 Å². The molecule has 1 N–H and O–H groups in total. The van der Waals surface area contributed by atoms with Crippen molar-refractivity contribution in [2.45, 2.75) is 125 Å². The second-order valence-corrected chi connectivity index (χ2v) is 15.7. The Morgan fingerprint density at radius 2 is 1.62 bits per heavy atom. The van der Waals surface area contributed by atoms with Crippen LogP contribution in [0.5, 0.6) is 0 Å². The van der Waals surface area contributed by atoms with Crippen molar-refractivity contribution in [3.05, 3.63) is 26.2 Å². The van der Waals surface area contributed by atoms with Crippen LogP contribution in [0.4, 0.5) is 0 Å². The van der Waals surface area contributed by atoms with Crippen LogP contribution >= 0.6 is 0 Å². The van der Waals surface area contributed by atoms with Gasteiger partial charge in [0.1, 0.15) is 17.5 Å². The summed E-state index contributed by atoms with van der Waals surface area (Å²) >= 11 is 0. The van der Waals surface area contributed by atoms with Gasteiger partial charge in [0.05, 0.1) is 29.6 Å². The summed E-state index contributed by atoms with van der Waals surface area (Å²) in [6.07, 6.45) is 4.38. The minimum atomic E-state index is -3.84. The maximum Gasteiger partial charge on any atom is 1.00 e. The van der Waals surface area contributed by atoms with Crippen LogP contribution in [0, 0.1) is 14.4 Å². The summed E-state index contributed by atoms with van der Waals surface area (Å²) in [7, 11) is -7.46. The number of ketones is 1. The van der Waals surface area contributed by atoms with E-state index in [1.807, 2.05) is 62.3 Å². The molecular weight excluding hydrogens is 672 g/mol. The standard InChI is InChI=1S/C26H47N6O7S2.2C2H6.CH3.K/c1-8-17-41(37,38)30-14-15-31(40(35,36)10-3)23(20-30)24(34)27-18-21-19-32(29-28-21)25(4,5)13-16-39-26(6,7)12-11-22(33)9-2;2*1-2;;/h19,23H,3,8-18,20H2,1-2,4-7H3,(H,27,34);2*1-2H3;1H3;/q-1;;;-1;+1. The molecule has 47 heavy (non-hydrogen) atoms. The molecule has 0 radical (unpaired) electrons. The number of carbonyl (C=O) groups is 2. The zero-order chi connectivity index (χ0) is 35.1. The third-order valence-corrected chi connectivity index (χ3v) is 11.0. The number of nitrogens with one attached hydrogen (secondary N) is 1. The second-order valence-electron chi connectivity index (χ2n) is 11.6. The van der Waals surface area contributed by atoms with Gasteiger partial charge in [-0.15, -0.1) is 5.10 Å². The monoisotopic (exact) mass is 733 g/mol. The molecule has 0 aromatic carbocycles. The Kier molecular flexibility index (Phi) is 26.1. The van der Waals surface area contributed by atoms with Gasteiger partial charge in [-0.25, -0.2) is 21.5 Å². The molecule has 1 atom stereocenters. The van der Waals surface area contributed by atoms with Crippen molar-refractivity contribution in [2.24, 2.45) is 0 Å². The Hall–Kier alpha value is -0.304. The van der Waals surface area contributed by atoms with Gasteiger partial charge in [0, 0.05) is 39.1 Å². The van der Waals surface area contributed by atoms with E-state index in [1.54, 1.807) is 17.8 Å². The zero-order valence-corrected chi connectivity index (χ0v) is 36.0. The fourth-order valence-electron chi connectivity index (χ4n) is 4.40. The molecule has 2 heterocycles. The number of hydrogen-bond donors (Lipinski definition) is 1. The van der Waals surface area contributed by atoms with Crippen LogP contribution < -0.4 is 56.7 Å². The van der Waals surface area contributed by atoms with Crippen LogP contribution in [-0.2, 0) is 46.5 Å². The van der Waals surface area contributed by atoms with Gasteiger partial charge in [0.2, 0.25) is 15.9 Å². The predicted molar refractivity (Wildman–Crippen MR) is 185 cm³/mol. The number of carbonyl (C=O) groups excluding carboxylic acids is 2. The number of amides is 1. The molecule has 1 unspecified atom stereocenters. The number of hydrogen-bond acceptors (Lipinski definition) is 9. The first-order valence-corrected chi connectivity index (χ1v) is 19.3. The first-order chi connectivity index (χ1) is 21.0. The summed E-state index contributed by atoms with van der Waals surface area (Å²) in [5.41, 5.74) is -0.428. The van der Waals surface area contributed by atoms with Gasteiger partial charge in [-0.1, -0.05) is 52.5 Å². The molecule has 0 bridgehead atoms. The van der Waals surface area contributed by atoms with E-state index in [1.165, 1.54) is 4.31 Å². The van der Waals surface area contributed by atoms with Crippen molar-refractivity contribution in [1.29, 1.82) is 0 Å². The van der Waals surface area contributed by atoms with Crippen molar-refractivity contribution in [3.63, 3.8) is 0 Å². The van der Waals surface area contributed by atoms with Gasteiger partial charge in [-0.05, 0) is 47.0 Å². The topological polar surface area (TPSA) is 161 Å². The van der Waals surface area contributed by atoms with Crippen molar-refractivity contribution in [1.82, 2.24) is 28.9 Å². The number of ether oxygens (including phenoxy) is 1. The van der Waals surface area contributed by atoms with Gasteiger partial charge in [0.15, 0.2) is 10.0 Å². The molecule has 1 saturated heterocycles. The fraction of sp³-hybridized carbons (Fsp3) is 0.806. The van der Waals surface area contributed by atoms with Crippen LogP contribution in [0.1, 0.15) is 107 Å².